The fraction of sp³-hybridized carbons (Fsp3) is 0.600. The zero-order chi connectivity index (χ0) is 14.5. The van der Waals surface area contributed by atoms with Crippen LogP contribution in [-0.4, -0.2) is 46.6 Å². The van der Waals surface area contributed by atoms with Gasteiger partial charge in [-0.2, -0.15) is 0 Å². The van der Waals surface area contributed by atoms with Gasteiger partial charge in [-0.05, 0) is 45.8 Å². The van der Waals surface area contributed by atoms with E-state index in [-0.39, 0.29) is 11.6 Å². The summed E-state index contributed by atoms with van der Waals surface area (Å²) in [6.07, 6.45) is 5.28. The molecule has 1 unspecified atom stereocenters. The second-order valence-electron chi connectivity index (χ2n) is 5.58. The summed E-state index contributed by atoms with van der Waals surface area (Å²) in [5.74, 6) is -0.940. The molecule has 1 atom stereocenters. The molecule has 5 nitrogen and oxygen atoms in total. The van der Waals surface area contributed by atoms with Crippen LogP contribution >= 0.6 is 0 Å². The highest BCUT2D eigenvalue weighted by Gasteiger charge is 2.16. The first kappa shape index (κ1) is 14.8. The van der Waals surface area contributed by atoms with Gasteiger partial charge < -0.3 is 15.3 Å². The summed E-state index contributed by atoms with van der Waals surface area (Å²) in [6, 6.07) is 2.02. The maximum absolute atomic E-state index is 11.2. The minimum Gasteiger partial charge on any atom is -0.478 e. The Labute approximate surface area is 120 Å². The lowest BCUT2D eigenvalue weighted by Gasteiger charge is -2.30. The zero-order valence-electron chi connectivity index (χ0n) is 12.2. The highest BCUT2D eigenvalue weighted by atomic mass is 16.4. The van der Waals surface area contributed by atoms with Crippen molar-refractivity contribution in [3.8, 4) is 0 Å². The van der Waals surface area contributed by atoms with Gasteiger partial charge in [0.1, 0.15) is 5.56 Å². The first-order chi connectivity index (χ1) is 9.56. The van der Waals surface area contributed by atoms with E-state index in [1.165, 1.54) is 25.5 Å². The molecule has 0 saturated carbocycles. The van der Waals surface area contributed by atoms with Crippen molar-refractivity contribution in [1.82, 2.24) is 9.88 Å². The van der Waals surface area contributed by atoms with Gasteiger partial charge in [0.05, 0.1) is 5.69 Å². The molecule has 0 spiro atoms. The van der Waals surface area contributed by atoms with E-state index in [1.807, 2.05) is 6.92 Å². The molecule has 2 N–H and O–H groups in total. The molecule has 2 heterocycles. The van der Waals surface area contributed by atoms with E-state index in [4.69, 9.17) is 0 Å². The van der Waals surface area contributed by atoms with Gasteiger partial charge in [-0.3, -0.25) is 4.98 Å². The number of aromatic carboxylic acids is 1. The molecule has 0 radical (unpaired) electrons. The monoisotopic (exact) mass is 277 g/mol. The average molecular weight is 277 g/mol. The molecule has 1 aliphatic rings. The Bertz CT molecular complexity index is 470. The van der Waals surface area contributed by atoms with Gasteiger partial charge >= 0.3 is 5.97 Å². The number of piperidine rings is 1. The Morgan fingerprint density at radius 3 is 2.80 bits per heavy atom. The van der Waals surface area contributed by atoms with E-state index >= 15 is 0 Å². The number of aromatic nitrogens is 1. The number of carboxylic acids is 1. The van der Waals surface area contributed by atoms with Gasteiger partial charge in [0, 0.05) is 24.5 Å². The maximum atomic E-state index is 11.2. The van der Waals surface area contributed by atoms with Gasteiger partial charge in [0.2, 0.25) is 0 Å². The third-order valence-corrected chi connectivity index (χ3v) is 3.65. The smallest absolute Gasteiger partial charge is 0.339 e. The molecule has 5 heteroatoms. The van der Waals surface area contributed by atoms with Crippen molar-refractivity contribution in [1.29, 1.82) is 0 Å². The molecule has 1 fully saturated rings. The molecule has 110 valence electrons. The molecule has 0 bridgehead atoms. The van der Waals surface area contributed by atoms with Gasteiger partial charge in [-0.25, -0.2) is 4.79 Å². The summed E-state index contributed by atoms with van der Waals surface area (Å²) in [6.45, 7) is 7.20. The van der Waals surface area contributed by atoms with Crippen molar-refractivity contribution in [2.24, 2.45) is 0 Å². The van der Waals surface area contributed by atoms with Crippen LogP contribution in [0.3, 0.4) is 0 Å². The van der Waals surface area contributed by atoms with Crippen molar-refractivity contribution >= 4 is 11.7 Å². The number of hydrogen-bond acceptors (Lipinski definition) is 4. The number of aryl methyl sites for hydroxylation is 1. The largest absolute Gasteiger partial charge is 0.478 e. The lowest BCUT2D eigenvalue weighted by atomic mass is 10.1. The van der Waals surface area contributed by atoms with E-state index in [0.717, 1.165) is 25.3 Å². The summed E-state index contributed by atoms with van der Waals surface area (Å²) < 4.78 is 0. The fourth-order valence-electron chi connectivity index (χ4n) is 2.69. The molecular weight excluding hydrogens is 254 g/mol. The summed E-state index contributed by atoms with van der Waals surface area (Å²) in [7, 11) is 0. The number of likely N-dealkylation sites (tertiary alicyclic amines) is 1. The maximum Gasteiger partial charge on any atom is 0.339 e. The van der Waals surface area contributed by atoms with Crippen molar-refractivity contribution in [3.63, 3.8) is 0 Å². The second kappa shape index (κ2) is 6.70. The summed E-state index contributed by atoms with van der Waals surface area (Å²) >= 11 is 0. The first-order valence-corrected chi connectivity index (χ1v) is 7.25. The summed E-state index contributed by atoms with van der Waals surface area (Å²) in [4.78, 5) is 17.7. The highest BCUT2D eigenvalue weighted by Crippen LogP contribution is 2.18. The minimum absolute atomic E-state index is 0.216. The Morgan fingerprint density at radius 1 is 1.45 bits per heavy atom. The topological polar surface area (TPSA) is 65.5 Å². The Kier molecular flexibility index (Phi) is 4.95. The molecule has 1 saturated heterocycles. The lowest BCUT2D eigenvalue weighted by Crippen LogP contribution is -2.38. The SMILES string of the molecule is Cc1cc(NC(C)CN2CCCCC2)c(C(=O)O)cn1. The molecule has 0 aliphatic carbocycles. The molecular formula is C15H23N3O2. The fourth-order valence-corrected chi connectivity index (χ4v) is 2.69. The minimum atomic E-state index is -0.940. The molecule has 1 aromatic heterocycles. The number of carboxylic acid groups (broad SMARTS) is 1. The molecule has 0 amide bonds. The van der Waals surface area contributed by atoms with Crippen LogP contribution in [0.4, 0.5) is 5.69 Å². The van der Waals surface area contributed by atoms with Crippen molar-refractivity contribution < 1.29 is 9.90 Å². The van der Waals surface area contributed by atoms with Crippen LogP contribution < -0.4 is 5.32 Å². The normalized spacial score (nSPS) is 17.7. The highest BCUT2D eigenvalue weighted by molar-refractivity contribution is 5.93. The molecule has 1 aromatic rings. The average Bonchev–Trinajstić information content (AvgIpc) is 2.39. The number of pyridine rings is 1. The summed E-state index contributed by atoms with van der Waals surface area (Å²) in [5.41, 5.74) is 1.72. The van der Waals surface area contributed by atoms with Crippen LogP contribution in [0, 0.1) is 6.92 Å². The van der Waals surface area contributed by atoms with Crippen LogP contribution in [0.25, 0.3) is 0 Å². The third kappa shape index (κ3) is 3.93. The predicted octanol–water partition coefficient (Wildman–Crippen LogP) is 2.37. The summed E-state index contributed by atoms with van der Waals surface area (Å²) in [5, 5.41) is 12.5. The lowest BCUT2D eigenvalue weighted by molar-refractivity contribution is 0.0697. The van der Waals surface area contributed by atoms with Gasteiger partial charge in [0.15, 0.2) is 0 Å². The Hall–Kier alpha value is -1.62. The molecule has 1 aliphatic heterocycles. The molecule has 0 aromatic carbocycles. The van der Waals surface area contributed by atoms with Crippen LogP contribution in [0.1, 0.15) is 42.2 Å². The Morgan fingerprint density at radius 2 is 2.15 bits per heavy atom. The van der Waals surface area contributed by atoms with Crippen LogP contribution in [0.2, 0.25) is 0 Å². The zero-order valence-corrected chi connectivity index (χ0v) is 12.2. The van der Waals surface area contributed by atoms with E-state index < -0.39 is 5.97 Å². The Balaban J connectivity index is 2.00. The van der Waals surface area contributed by atoms with Crippen molar-refractivity contribution in [2.45, 2.75) is 39.2 Å². The molecule has 2 rings (SSSR count). The predicted molar refractivity (Wildman–Crippen MR) is 79.3 cm³/mol. The second-order valence-corrected chi connectivity index (χ2v) is 5.58. The number of carbonyl (C=O) groups is 1. The van der Waals surface area contributed by atoms with Crippen LogP contribution in [-0.2, 0) is 0 Å². The van der Waals surface area contributed by atoms with Crippen molar-refractivity contribution in [2.75, 3.05) is 25.0 Å². The van der Waals surface area contributed by atoms with E-state index in [1.54, 1.807) is 6.07 Å². The van der Waals surface area contributed by atoms with Crippen LogP contribution in [0.15, 0.2) is 12.3 Å². The van der Waals surface area contributed by atoms with E-state index in [0.29, 0.717) is 5.69 Å². The van der Waals surface area contributed by atoms with Crippen LogP contribution in [0.5, 0.6) is 0 Å². The number of nitrogens with one attached hydrogen (secondary N) is 1. The van der Waals surface area contributed by atoms with Gasteiger partial charge in [-0.15, -0.1) is 0 Å². The number of rotatable bonds is 5. The third-order valence-electron chi connectivity index (χ3n) is 3.65. The number of anilines is 1. The van der Waals surface area contributed by atoms with E-state index in [2.05, 4.69) is 22.1 Å². The standard InChI is InChI=1S/C15H23N3O2/c1-11-8-14(13(9-16-11)15(19)20)17-12(2)10-18-6-4-3-5-7-18/h8-9,12H,3-7,10H2,1-2H3,(H,16,17)(H,19,20). The van der Waals surface area contributed by atoms with Gasteiger partial charge in [0.25, 0.3) is 0 Å². The van der Waals surface area contributed by atoms with Crippen molar-refractivity contribution in [3.05, 3.63) is 23.5 Å². The first-order valence-electron chi connectivity index (χ1n) is 7.25. The van der Waals surface area contributed by atoms with E-state index in [9.17, 15) is 9.90 Å². The number of hydrogen-bond donors (Lipinski definition) is 2. The number of nitrogens with zero attached hydrogens (tertiary/aromatic N) is 2. The van der Waals surface area contributed by atoms with Gasteiger partial charge in [-0.1, -0.05) is 6.42 Å². The molecule has 20 heavy (non-hydrogen) atoms. The quantitative estimate of drug-likeness (QED) is 0.865.